The maximum atomic E-state index is 11.7. The highest BCUT2D eigenvalue weighted by Crippen LogP contribution is 2.20. The molecule has 0 aromatic heterocycles. The van der Waals surface area contributed by atoms with E-state index in [2.05, 4.69) is 10.6 Å². The van der Waals surface area contributed by atoms with Crippen LogP contribution in [0.5, 0.6) is 5.75 Å². The molecule has 22 heavy (non-hydrogen) atoms. The molecule has 5 heteroatoms. The van der Waals surface area contributed by atoms with Gasteiger partial charge in [-0.25, -0.2) is 4.79 Å². The molecule has 0 spiro atoms. The summed E-state index contributed by atoms with van der Waals surface area (Å²) < 4.78 is 5.56. The molecule has 0 heterocycles. The van der Waals surface area contributed by atoms with Gasteiger partial charge in [-0.05, 0) is 43.4 Å². The van der Waals surface area contributed by atoms with Crippen molar-refractivity contribution in [3.63, 3.8) is 0 Å². The lowest BCUT2D eigenvalue weighted by molar-refractivity contribution is 0.128. The fourth-order valence-electron chi connectivity index (χ4n) is 2.29. The van der Waals surface area contributed by atoms with Gasteiger partial charge in [-0.1, -0.05) is 26.0 Å². The van der Waals surface area contributed by atoms with Crippen LogP contribution in [0.1, 0.15) is 32.8 Å². The number of hydrogen-bond acceptors (Lipinski definition) is 3. The quantitative estimate of drug-likeness (QED) is 0.646. The number of amides is 2. The molecule has 5 nitrogen and oxygen atoms in total. The van der Waals surface area contributed by atoms with E-state index in [1.807, 2.05) is 45.0 Å². The predicted molar refractivity (Wildman–Crippen MR) is 88.2 cm³/mol. The molecule has 0 saturated heterocycles. The van der Waals surface area contributed by atoms with Gasteiger partial charge in [0.05, 0.1) is 12.6 Å². The Balaban J connectivity index is 2.18. The van der Waals surface area contributed by atoms with Crippen LogP contribution in [0.25, 0.3) is 0 Å². The molecular weight excluding hydrogens is 280 g/mol. The summed E-state index contributed by atoms with van der Waals surface area (Å²) in [5.41, 5.74) is 1.01. The summed E-state index contributed by atoms with van der Waals surface area (Å²) in [5, 5.41) is 15.0. The maximum absolute atomic E-state index is 11.7. The molecule has 0 bridgehead atoms. The number of ether oxygens (including phenoxy) is 1. The largest absolute Gasteiger partial charge is 0.492 e. The fraction of sp³-hybridized carbons (Fsp3) is 0.588. The van der Waals surface area contributed by atoms with Gasteiger partial charge >= 0.3 is 6.03 Å². The van der Waals surface area contributed by atoms with Gasteiger partial charge in [0.1, 0.15) is 12.4 Å². The van der Waals surface area contributed by atoms with Gasteiger partial charge in [0.2, 0.25) is 0 Å². The molecule has 1 rings (SSSR count). The van der Waals surface area contributed by atoms with Crippen molar-refractivity contribution < 1.29 is 14.6 Å². The second kappa shape index (κ2) is 8.63. The smallest absolute Gasteiger partial charge is 0.314 e. The van der Waals surface area contributed by atoms with Crippen LogP contribution in [0.2, 0.25) is 0 Å². The Morgan fingerprint density at radius 2 is 2.09 bits per heavy atom. The summed E-state index contributed by atoms with van der Waals surface area (Å²) >= 11 is 0. The number of rotatable bonds is 8. The van der Waals surface area contributed by atoms with Gasteiger partial charge in [-0.3, -0.25) is 0 Å². The number of urea groups is 1. The first-order valence-corrected chi connectivity index (χ1v) is 7.68. The van der Waals surface area contributed by atoms with Crippen molar-refractivity contribution in [2.24, 2.45) is 5.41 Å². The molecule has 1 aromatic rings. The highest BCUT2D eigenvalue weighted by atomic mass is 16.5. The highest BCUT2D eigenvalue weighted by molar-refractivity contribution is 5.73. The van der Waals surface area contributed by atoms with Gasteiger partial charge in [0.25, 0.3) is 0 Å². The molecule has 0 fully saturated rings. The lowest BCUT2D eigenvalue weighted by Crippen LogP contribution is -2.42. The standard InChI is InChI=1S/C17H28N2O3/c1-13-6-5-7-15(10-13)22-9-8-18-16(21)19-12-17(3,4)11-14(2)20/h5-7,10,14,20H,8-9,11-12H2,1-4H3,(H2,18,19,21). The van der Waals surface area contributed by atoms with Crippen LogP contribution in [-0.2, 0) is 0 Å². The normalized spacial score (nSPS) is 12.6. The van der Waals surface area contributed by atoms with Gasteiger partial charge in [0.15, 0.2) is 0 Å². The average molecular weight is 308 g/mol. The van der Waals surface area contributed by atoms with E-state index in [0.29, 0.717) is 26.1 Å². The molecule has 1 aromatic carbocycles. The minimum absolute atomic E-state index is 0.135. The van der Waals surface area contributed by atoms with Crippen LogP contribution in [0.4, 0.5) is 4.79 Å². The van der Waals surface area contributed by atoms with Gasteiger partial charge < -0.3 is 20.5 Å². The molecule has 0 saturated carbocycles. The number of aryl methyl sites for hydroxylation is 1. The summed E-state index contributed by atoms with van der Waals surface area (Å²) in [4.78, 5) is 11.7. The molecule has 0 aliphatic heterocycles. The third-order valence-corrected chi connectivity index (χ3v) is 3.22. The third-order valence-electron chi connectivity index (χ3n) is 3.22. The number of aliphatic hydroxyl groups excluding tert-OH is 1. The molecule has 0 aliphatic carbocycles. The molecule has 1 atom stereocenters. The molecule has 0 aliphatic rings. The highest BCUT2D eigenvalue weighted by Gasteiger charge is 2.20. The van der Waals surface area contributed by atoms with Crippen LogP contribution in [0, 0.1) is 12.3 Å². The van der Waals surface area contributed by atoms with Crippen molar-refractivity contribution in [1.29, 1.82) is 0 Å². The summed E-state index contributed by atoms with van der Waals surface area (Å²) in [7, 11) is 0. The van der Waals surface area contributed by atoms with E-state index in [9.17, 15) is 9.90 Å². The van der Waals surface area contributed by atoms with Gasteiger partial charge in [0, 0.05) is 6.54 Å². The van der Waals surface area contributed by atoms with E-state index < -0.39 is 0 Å². The summed E-state index contributed by atoms with van der Waals surface area (Å²) in [6, 6.07) is 7.58. The first-order valence-electron chi connectivity index (χ1n) is 7.68. The first kappa shape index (κ1) is 18.3. The Kier molecular flexibility index (Phi) is 7.18. The zero-order valence-electron chi connectivity index (χ0n) is 14.0. The van der Waals surface area contributed by atoms with Crippen LogP contribution in [0.15, 0.2) is 24.3 Å². The minimum atomic E-state index is -0.373. The van der Waals surface area contributed by atoms with Crippen molar-refractivity contribution >= 4 is 6.03 Å². The number of benzene rings is 1. The van der Waals surface area contributed by atoms with Crippen molar-refractivity contribution in [3.05, 3.63) is 29.8 Å². The van der Waals surface area contributed by atoms with Crippen LogP contribution >= 0.6 is 0 Å². The Labute approximate surface area is 133 Å². The van der Waals surface area contributed by atoms with Crippen molar-refractivity contribution in [2.45, 2.75) is 40.2 Å². The number of aliphatic hydroxyl groups is 1. The third kappa shape index (κ3) is 7.88. The van der Waals surface area contributed by atoms with Gasteiger partial charge in [-0.2, -0.15) is 0 Å². The second-order valence-corrected chi connectivity index (χ2v) is 6.49. The Hall–Kier alpha value is -1.75. The van der Waals surface area contributed by atoms with E-state index in [1.54, 1.807) is 6.92 Å². The molecule has 124 valence electrons. The SMILES string of the molecule is Cc1cccc(OCCNC(=O)NCC(C)(C)CC(C)O)c1. The lowest BCUT2D eigenvalue weighted by atomic mass is 9.87. The fourth-order valence-corrected chi connectivity index (χ4v) is 2.29. The lowest BCUT2D eigenvalue weighted by Gasteiger charge is -2.26. The van der Waals surface area contributed by atoms with Crippen LogP contribution < -0.4 is 15.4 Å². The number of nitrogens with one attached hydrogen (secondary N) is 2. The van der Waals surface area contributed by atoms with E-state index in [4.69, 9.17) is 4.74 Å². The molecule has 2 amide bonds. The summed E-state index contributed by atoms with van der Waals surface area (Å²) in [5.74, 6) is 0.806. The molecule has 3 N–H and O–H groups in total. The number of carbonyl (C=O) groups is 1. The van der Waals surface area contributed by atoms with Crippen molar-refractivity contribution in [1.82, 2.24) is 10.6 Å². The summed E-state index contributed by atoms with van der Waals surface area (Å²) in [6.07, 6.45) is 0.270. The monoisotopic (exact) mass is 308 g/mol. The van der Waals surface area contributed by atoms with Gasteiger partial charge in [-0.15, -0.1) is 0 Å². The average Bonchev–Trinajstić information content (AvgIpc) is 2.40. The summed E-state index contributed by atoms with van der Waals surface area (Å²) in [6.45, 7) is 9.17. The van der Waals surface area contributed by atoms with Crippen molar-refractivity contribution in [2.75, 3.05) is 19.7 Å². The zero-order valence-corrected chi connectivity index (χ0v) is 14.0. The van der Waals surface area contributed by atoms with Crippen molar-refractivity contribution in [3.8, 4) is 5.75 Å². The second-order valence-electron chi connectivity index (χ2n) is 6.49. The van der Waals surface area contributed by atoms with E-state index in [0.717, 1.165) is 11.3 Å². The molecule has 0 radical (unpaired) electrons. The number of carbonyl (C=O) groups excluding carboxylic acids is 1. The van der Waals surface area contributed by atoms with Crippen LogP contribution in [0.3, 0.4) is 0 Å². The first-order chi connectivity index (χ1) is 10.3. The Morgan fingerprint density at radius 3 is 2.73 bits per heavy atom. The van der Waals surface area contributed by atoms with Crippen LogP contribution in [-0.4, -0.2) is 36.9 Å². The maximum Gasteiger partial charge on any atom is 0.314 e. The zero-order chi connectivity index (χ0) is 16.6. The predicted octanol–water partition coefficient (Wildman–Crippen LogP) is 2.47. The molecular formula is C17H28N2O3. The Morgan fingerprint density at radius 1 is 1.36 bits per heavy atom. The van der Waals surface area contributed by atoms with E-state index in [-0.39, 0.29) is 17.6 Å². The van der Waals surface area contributed by atoms with E-state index in [1.165, 1.54) is 0 Å². The minimum Gasteiger partial charge on any atom is -0.492 e. The Bertz CT molecular complexity index is 473. The number of hydrogen-bond donors (Lipinski definition) is 3. The van der Waals surface area contributed by atoms with E-state index >= 15 is 0 Å². The molecule has 1 unspecified atom stereocenters. The topological polar surface area (TPSA) is 70.6 Å².